The molecule has 0 spiro atoms. The summed E-state index contributed by atoms with van der Waals surface area (Å²) in [7, 11) is 0. The summed E-state index contributed by atoms with van der Waals surface area (Å²) in [6, 6.07) is 13.4. The maximum Gasteiger partial charge on any atom is 0.416 e. The molecule has 5 atom stereocenters. The molecule has 206 valence electrons. The molecule has 6 rings (SSSR count). The maximum atomic E-state index is 13.3. The standard InChI is InChI=1S/C30H31F3N2O2S2/c1-29(2,3)19-11-9-16(10-12-19)23-24-17-7-8-18(13-17)25(24)38-27-26(23)39-28(37)35(27)15-22(36)34-21-6-4-5-20(14-21)30(31,32)33/h4-6,9-12,14,17-18,23-25H,7-8,13,15H2,1-3H3,(H,34,36)/t17?,18?,23-,24?,25?/m0/s1. The lowest BCUT2D eigenvalue weighted by molar-refractivity contribution is -0.137. The van der Waals surface area contributed by atoms with Crippen molar-refractivity contribution in [1.29, 1.82) is 0 Å². The number of hydrogen-bond acceptors (Lipinski definition) is 4. The first kappa shape index (κ1) is 26.7. The Bertz CT molecular complexity index is 1470. The van der Waals surface area contributed by atoms with Crippen LogP contribution in [-0.2, 0) is 22.9 Å². The predicted molar refractivity (Wildman–Crippen MR) is 150 cm³/mol. The summed E-state index contributed by atoms with van der Waals surface area (Å²) >= 11 is 2.96. The number of fused-ring (bicyclic) bond motifs is 6. The molecule has 3 aromatic rings. The van der Waals surface area contributed by atoms with Crippen molar-refractivity contribution in [3.63, 3.8) is 0 Å². The van der Waals surface area contributed by atoms with Gasteiger partial charge in [0.25, 0.3) is 0 Å². The predicted octanol–water partition coefficient (Wildman–Crippen LogP) is 7.52. The molecule has 1 amide bonds. The minimum Gasteiger partial charge on any atom is -0.325 e. The Morgan fingerprint density at radius 2 is 1.74 bits per heavy atom. The average Bonchev–Trinajstić information content (AvgIpc) is 3.56. The number of rotatable bonds is 4. The van der Waals surface area contributed by atoms with Crippen LogP contribution >= 0.6 is 23.1 Å². The van der Waals surface area contributed by atoms with E-state index in [1.165, 1.54) is 58.4 Å². The van der Waals surface area contributed by atoms with Gasteiger partial charge >= 0.3 is 11.0 Å². The van der Waals surface area contributed by atoms with E-state index < -0.39 is 17.6 Å². The molecule has 2 bridgehead atoms. The normalized spacial score (nSPS) is 25.8. The number of anilines is 1. The van der Waals surface area contributed by atoms with E-state index in [1.54, 1.807) is 11.8 Å². The number of benzene rings is 2. The molecule has 3 aliphatic rings. The largest absolute Gasteiger partial charge is 0.416 e. The first-order valence-corrected chi connectivity index (χ1v) is 15.1. The number of halogens is 3. The quantitative estimate of drug-likeness (QED) is 0.352. The van der Waals surface area contributed by atoms with E-state index in [9.17, 15) is 22.8 Å². The lowest BCUT2D eigenvalue weighted by Gasteiger charge is -2.40. The second-order valence-electron chi connectivity index (χ2n) is 12.1. The zero-order chi connectivity index (χ0) is 27.7. The number of nitrogens with one attached hydrogen (secondary N) is 1. The first-order chi connectivity index (χ1) is 18.4. The van der Waals surface area contributed by atoms with Crippen LogP contribution in [-0.4, -0.2) is 15.7 Å². The summed E-state index contributed by atoms with van der Waals surface area (Å²) in [4.78, 5) is 27.1. The van der Waals surface area contributed by atoms with Crippen LogP contribution in [0, 0.1) is 17.8 Å². The van der Waals surface area contributed by atoms with Crippen molar-refractivity contribution in [2.45, 2.75) is 74.4 Å². The number of carbonyl (C=O) groups excluding carboxylic acids is 1. The van der Waals surface area contributed by atoms with Crippen molar-refractivity contribution < 1.29 is 18.0 Å². The third-order valence-electron chi connectivity index (χ3n) is 8.60. The number of aromatic nitrogens is 1. The topological polar surface area (TPSA) is 51.1 Å². The number of carbonyl (C=O) groups is 1. The molecule has 0 radical (unpaired) electrons. The Morgan fingerprint density at radius 3 is 2.44 bits per heavy atom. The van der Waals surface area contributed by atoms with E-state index in [0.717, 1.165) is 22.0 Å². The fourth-order valence-electron chi connectivity index (χ4n) is 6.77. The lowest BCUT2D eigenvalue weighted by atomic mass is 9.74. The zero-order valence-electron chi connectivity index (χ0n) is 22.0. The highest BCUT2D eigenvalue weighted by Gasteiger charge is 2.55. The van der Waals surface area contributed by atoms with E-state index >= 15 is 0 Å². The van der Waals surface area contributed by atoms with Crippen LogP contribution < -0.4 is 10.2 Å². The van der Waals surface area contributed by atoms with Crippen LogP contribution in [0.3, 0.4) is 0 Å². The Labute approximate surface area is 234 Å². The third kappa shape index (κ3) is 4.86. The molecule has 4 unspecified atom stereocenters. The summed E-state index contributed by atoms with van der Waals surface area (Å²) < 4.78 is 40.9. The lowest BCUT2D eigenvalue weighted by Crippen LogP contribution is -2.35. The van der Waals surface area contributed by atoms with E-state index in [0.29, 0.717) is 23.0 Å². The summed E-state index contributed by atoms with van der Waals surface area (Å²) in [6.45, 7) is 6.36. The number of hydrogen-bond donors (Lipinski definition) is 1. The first-order valence-electron chi connectivity index (χ1n) is 13.4. The summed E-state index contributed by atoms with van der Waals surface area (Å²) in [6.07, 6.45) is -0.853. The molecule has 2 heterocycles. The minimum absolute atomic E-state index is 0.0438. The SMILES string of the molecule is CC(C)(C)c1ccc([C@@H]2c3sc(=O)n(CC(=O)Nc4cccc(C(F)(F)F)c4)c3SC3C4CCC(C4)C32)cc1. The van der Waals surface area contributed by atoms with Gasteiger partial charge in [-0.3, -0.25) is 14.2 Å². The highest BCUT2D eigenvalue weighted by atomic mass is 32.2. The van der Waals surface area contributed by atoms with E-state index in [1.807, 2.05) is 0 Å². The molecule has 39 heavy (non-hydrogen) atoms. The molecule has 4 nitrogen and oxygen atoms in total. The molecule has 2 aromatic carbocycles. The highest BCUT2D eigenvalue weighted by molar-refractivity contribution is 8.00. The van der Waals surface area contributed by atoms with E-state index in [2.05, 4.69) is 50.4 Å². The van der Waals surface area contributed by atoms with Gasteiger partial charge in [0, 0.05) is 21.7 Å². The number of thioether (sulfide) groups is 1. The average molecular weight is 573 g/mol. The number of alkyl halides is 3. The number of amides is 1. The second-order valence-corrected chi connectivity index (χ2v) is 14.3. The molecule has 2 fully saturated rings. The van der Waals surface area contributed by atoms with Gasteiger partial charge in [-0.1, -0.05) is 62.4 Å². The highest BCUT2D eigenvalue weighted by Crippen LogP contribution is 2.64. The fourth-order valence-corrected chi connectivity index (χ4v) is 9.92. The monoisotopic (exact) mass is 572 g/mol. The van der Waals surface area contributed by atoms with E-state index in [4.69, 9.17) is 0 Å². The van der Waals surface area contributed by atoms with Crippen LogP contribution in [0.25, 0.3) is 0 Å². The molecule has 1 aromatic heterocycles. The van der Waals surface area contributed by atoms with Crippen molar-refractivity contribution in [3.8, 4) is 0 Å². The summed E-state index contributed by atoms with van der Waals surface area (Å²) in [5.41, 5.74) is 1.75. The third-order valence-corrected chi connectivity index (χ3v) is 11.4. The second kappa shape index (κ2) is 9.54. The van der Waals surface area contributed by atoms with Crippen LogP contribution in [0.2, 0.25) is 0 Å². The Morgan fingerprint density at radius 1 is 1.03 bits per heavy atom. The van der Waals surface area contributed by atoms with Gasteiger partial charge in [0.15, 0.2) is 0 Å². The van der Waals surface area contributed by atoms with Crippen molar-refractivity contribution in [3.05, 3.63) is 79.8 Å². The van der Waals surface area contributed by atoms with Gasteiger partial charge in [0.1, 0.15) is 6.54 Å². The molecular formula is C30H31F3N2O2S2. The molecule has 1 aliphatic heterocycles. The van der Waals surface area contributed by atoms with Crippen LogP contribution in [0.4, 0.5) is 18.9 Å². The number of nitrogens with zero attached hydrogens (tertiary/aromatic N) is 1. The molecule has 1 N–H and O–H groups in total. The van der Waals surface area contributed by atoms with Crippen LogP contribution in [0.1, 0.15) is 67.5 Å². The zero-order valence-corrected chi connectivity index (χ0v) is 23.7. The van der Waals surface area contributed by atoms with E-state index in [-0.39, 0.29) is 28.4 Å². The summed E-state index contributed by atoms with van der Waals surface area (Å²) in [5.74, 6) is 1.31. The van der Waals surface area contributed by atoms with Gasteiger partial charge in [0.05, 0.1) is 10.6 Å². The number of thiazole rings is 1. The molecular weight excluding hydrogens is 541 g/mol. The van der Waals surface area contributed by atoms with Gasteiger partial charge in [0.2, 0.25) is 5.91 Å². The van der Waals surface area contributed by atoms with Gasteiger partial charge in [-0.2, -0.15) is 13.2 Å². The van der Waals surface area contributed by atoms with Crippen molar-refractivity contribution >= 4 is 34.7 Å². The van der Waals surface area contributed by atoms with Crippen molar-refractivity contribution in [2.75, 3.05) is 5.32 Å². The maximum absolute atomic E-state index is 13.3. The summed E-state index contributed by atoms with van der Waals surface area (Å²) in [5, 5.41) is 3.81. The van der Waals surface area contributed by atoms with Gasteiger partial charge < -0.3 is 5.32 Å². The Balaban J connectivity index is 1.33. The smallest absolute Gasteiger partial charge is 0.325 e. The minimum atomic E-state index is -4.50. The van der Waals surface area contributed by atoms with Crippen molar-refractivity contribution in [1.82, 2.24) is 4.57 Å². The van der Waals surface area contributed by atoms with Crippen LogP contribution in [0.5, 0.6) is 0 Å². The van der Waals surface area contributed by atoms with Gasteiger partial charge in [-0.15, -0.1) is 11.8 Å². The Hall–Kier alpha value is -2.52. The van der Waals surface area contributed by atoms with Crippen molar-refractivity contribution in [2.24, 2.45) is 17.8 Å². The van der Waals surface area contributed by atoms with Gasteiger partial charge in [-0.05, 0) is 71.8 Å². The molecule has 0 saturated heterocycles. The molecule has 2 saturated carbocycles. The Kier molecular flexibility index (Phi) is 6.53. The molecule has 9 heteroatoms. The van der Waals surface area contributed by atoms with Gasteiger partial charge in [-0.25, -0.2) is 0 Å². The van der Waals surface area contributed by atoms with Crippen LogP contribution in [0.15, 0.2) is 58.4 Å². The molecule has 2 aliphatic carbocycles. The fraction of sp³-hybridized carbons (Fsp3) is 0.467.